The molecule has 3 N–H and O–H groups in total. The Kier molecular flexibility index (Phi) is 3.95. The van der Waals surface area contributed by atoms with Gasteiger partial charge in [-0.25, -0.2) is 0 Å². The van der Waals surface area contributed by atoms with Gasteiger partial charge in [0.1, 0.15) is 0 Å². The molecule has 1 aromatic carbocycles. The molecule has 0 spiro atoms. The maximum atomic E-state index is 11.8. The highest BCUT2D eigenvalue weighted by atomic mass is 16.1. The van der Waals surface area contributed by atoms with Crippen molar-refractivity contribution in [1.82, 2.24) is 5.32 Å². The van der Waals surface area contributed by atoms with Crippen LogP contribution in [-0.2, 0) is 4.79 Å². The van der Waals surface area contributed by atoms with E-state index in [4.69, 9.17) is 5.73 Å². The minimum absolute atomic E-state index is 0.0369. The van der Waals surface area contributed by atoms with E-state index in [2.05, 4.69) is 51.2 Å². The van der Waals surface area contributed by atoms with Crippen LogP contribution in [0.4, 0.5) is 0 Å². The second-order valence-electron chi connectivity index (χ2n) is 6.11. The van der Waals surface area contributed by atoms with Crippen LogP contribution >= 0.6 is 0 Å². The highest BCUT2D eigenvalue weighted by molar-refractivity contribution is 5.78. The first-order valence-electron chi connectivity index (χ1n) is 7.02. The molecule has 1 aliphatic heterocycles. The smallest absolute Gasteiger partial charge is 0.222 e. The lowest BCUT2D eigenvalue weighted by atomic mass is 9.76. The molecule has 0 aliphatic carbocycles. The fourth-order valence-corrected chi connectivity index (χ4v) is 3.45. The van der Waals surface area contributed by atoms with Crippen LogP contribution in [0.25, 0.3) is 0 Å². The number of hydrogen-bond acceptors (Lipinski definition) is 2. The number of rotatable bonds is 2. The Balaban J connectivity index is 2.40. The Labute approximate surface area is 115 Å². The van der Waals surface area contributed by atoms with Crippen molar-refractivity contribution in [2.24, 2.45) is 17.6 Å². The van der Waals surface area contributed by atoms with Gasteiger partial charge in [-0.1, -0.05) is 36.2 Å². The minimum Gasteiger partial charge on any atom is -0.369 e. The highest BCUT2D eigenvalue weighted by Crippen LogP contribution is 2.36. The SMILES string of the molecule is Cc1cc(C)cc(C2NC(C)CC(C)C2C(N)=O)c1. The van der Waals surface area contributed by atoms with Crippen molar-refractivity contribution in [3.8, 4) is 0 Å². The third kappa shape index (κ3) is 2.98. The molecule has 1 fully saturated rings. The largest absolute Gasteiger partial charge is 0.369 e. The molecule has 0 saturated carbocycles. The molecule has 1 amide bonds. The number of carbonyl (C=O) groups is 1. The van der Waals surface area contributed by atoms with Gasteiger partial charge < -0.3 is 11.1 Å². The fraction of sp³-hybridized carbons (Fsp3) is 0.562. The molecule has 1 heterocycles. The number of carbonyl (C=O) groups excluding carboxylic acids is 1. The first-order valence-corrected chi connectivity index (χ1v) is 7.02. The van der Waals surface area contributed by atoms with Crippen molar-refractivity contribution in [2.75, 3.05) is 0 Å². The van der Waals surface area contributed by atoms with E-state index in [0.717, 1.165) is 6.42 Å². The molecule has 0 bridgehead atoms. The monoisotopic (exact) mass is 260 g/mol. The van der Waals surface area contributed by atoms with Crippen LogP contribution in [-0.4, -0.2) is 11.9 Å². The number of amides is 1. The van der Waals surface area contributed by atoms with Gasteiger partial charge in [-0.05, 0) is 38.7 Å². The van der Waals surface area contributed by atoms with Gasteiger partial charge in [0.2, 0.25) is 5.91 Å². The Hall–Kier alpha value is -1.35. The minimum atomic E-state index is -0.198. The second-order valence-corrected chi connectivity index (χ2v) is 6.11. The summed E-state index contributed by atoms with van der Waals surface area (Å²) in [5.74, 6) is -0.00646. The molecule has 4 atom stereocenters. The fourth-order valence-electron chi connectivity index (χ4n) is 3.45. The summed E-state index contributed by atoms with van der Waals surface area (Å²) in [5, 5.41) is 3.55. The Morgan fingerprint density at radius 3 is 2.32 bits per heavy atom. The van der Waals surface area contributed by atoms with Crippen LogP contribution in [0.2, 0.25) is 0 Å². The first kappa shape index (κ1) is 14.1. The lowest BCUT2D eigenvalue weighted by molar-refractivity contribution is -0.125. The van der Waals surface area contributed by atoms with E-state index in [0.29, 0.717) is 12.0 Å². The summed E-state index contributed by atoms with van der Waals surface area (Å²) in [5.41, 5.74) is 9.26. The Morgan fingerprint density at radius 1 is 1.21 bits per heavy atom. The number of hydrogen-bond donors (Lipinski definition) is 2. The van der Waals surface area contributed by atoms with Crippen LogP contribution in [0, 0.1) is 25.7 Å². The summed E-state index contributed by atoms with van der Waals surface area (Å²) < 4.78 is 0. The van der Waals surface area contributed by atoms with Crippen LogP contribution in [0.5, 0.6) is 0 Å². The molecular formula is C16H24N2O. The van der Waals surface area contributed by atoms with Crippen molar-refractivity contribution < 1.29 is 4.79 Å². The summed E-state index contributed by atoms with van der Waals surface area (Å²) in [7, 11) is 0. The van der Waals surface area contributed by atoms with Crippen molar-refractivity contribution in [1.29, 1.82) is 0 Å². The van der Waals surface area contributed by atoms with Crippen LogP contribution < -0.4 is 11.1 Å². The molecule has 3 heteroatoms. The second kappa shape index (κ2) is 5.33. The average Bonchev–Trinajstić information content (AvgIpc) is 2.25. The van der Waals surface area contributed by atoms with Gasteiger partial charge >= 0.3 is 0 Å². The van der Waals surface area contributed by atoms with Gasteiger partial charge in [0, 0.05) is 12.1 Å². The van der Waals surface area contributed by atoms with E-state index < -0.39 is 0 Å². The van der Waals surface area contributed by atoms with Gasteiger partial charge in [0.25, 0.3) is 0 Å². The van der Waals surface area contributed by atoms with E-state index in [9.17, 15) is 4.79 Å². The van der Waals surface area contributed by atoms with E-state index >= 15 is 0 Å². The Morgan fingerprint density at radius 2 is 1.79 bits per heavy atom. The standard InChI is InChI=1S/C16H24N2O/c1-9-5-10(2)7-13(6-9)15-14(16(17)19)11(3)8-12(4)18-15/h5-7,11-12,14-15,18H,8H2,1-4H3,(H2,17,19). The van der Waals surface area contributed by atoms with Crippen LogP contribution in [0.15, 0.2) is 18.2 Å². The van der Waals surface area contributed by atoms with E-state index in [1.165, 1.54) is 16.7 Å². The summed E-state index contributed by atoms with van der Waals surface area (Å²) >= 11 is 0. The van der Waals surface area contributed by atoms with Gasteiger partial charge in [0.15, 0.2) is 0 Å². The summed E-state index contributed by atoms with van der Waals surface area (Å²) in [6.07, 6.45) is 0.995. The van der Waals surface area contributed by atoms with Gasteiger partial charge in [0.05, 0.1) is 5.92 Å². The molecular weight excluding hydrogens is 236 g/mol. The average molecular weight is 260 g/mol. The van der Waals surface area contributed by atoms with E-state index in [-0.39, 0.29) is 17.9 Å². The number of nitrogens with two attached hydrogens (primary N) is 1. The summed E-state index contributed by atoms with van der Waals surface area (Å²) in [6.45, 7) is 8.47. The van der Waals surface area contributed by atoms with Crippen LogP contribution in [0.1, 0.15) is 43.0 Å². The molecule has 1 saturated heterocycles. The molecule has 0 aromatic heterocycles. The lowest BCUT2D eigenvalue weighted by Gasteiger charge is -2.39. The van der Waals surface area contributed by atoms with Gasteiger partial charge in [-0.15, -0.1) is 0 Å². The normalized spacial score (nSPS) is 31.2. The van der Waals surface area contributed by atoms with Crippen molar-refractivity contribution in [3.05, 3.63) is 34.9 Å². The molecule has 104 valence electrons. The van der Waals surface area contributed by atoms with Crippen molar-refractivity contribution in [3.63, 3.8) is 0 Å². The Bertz CT molecular complexity index is 463. The van der Waals surface area contributed by atoms with Gasteiger partial charge in [-0.2, -0.15) is 0 Å². The van der Waals surface area contributed by atoms with Crippen molar-refractivity contribution >= 4 is 5.91 Å². The molecule has 3 nitrogen and oxygen atoms in total. The van der Waals surface area contributed by atoms with E-state index in [1.54, 1.807) is 0 Å². The van der Waals surface area contributed by atoms with Crippen molar-refractivity contribution in [2.45, 2.75) is 46.2 Å². The summed E-state index contributed by atoms with van der Waals surface area (Å²) in [4.78, 5) is 11.8. The topological polar surface area (TPSA) is 55.1 Å². The number of primary amides is 1. The maximum absolute atomic E-state index is 11.8. The predicted molar refractivity (Wildman–Crippen MR) is 77.7 cm³/mol. The van der Waals surface area contributed by atoms with Crippen LogP contribution in [0.3, 0.4) is 0 Å². The highest BCUT2D eigenvalue weighted by Gasteiger charge is 2.38. The molecule has 2 rings (SSSR count). The number of nitrogens with one attached hydrogen (secondary N) is 1. The number of benzene rings is 1. The zero-order valence-electron chi connectivity index (χ0n) is 12.2. The zero-order chi connectivity index (χ0) is 14.2. The molecule has 0 radical (unpaired) electrons. The molecule has 19 heavy (non-hydrogen) atoms. The maximum Gasteiger partial charge on any atom is 0.222 e. The molecule has 1 aliphatic rings. The third-order valence-corrected chi connectivity index (χ3v) is 4.09. The van der Waals surface area contributed by atoms with Gasteiger partial charge in [-0.3, -0.25) is 4.79 Å². The number of aryl methyl sites for hydroxylation is 2. The lowest BCUT2D eigenvalue weighted by Crippen LogP contribution is -2.49. The third-order valence-electron chi connectivity index (χ3n) is 4.09. The molecule has 1 aromatic rings. The number of piperidine rings is 1. The quantitative estimate of drug-likeness (QED) is 0.858. The zero-order valence-corrected chi connectivity index (χ0v) is 12.2. The predicted octanol–water partition coefficient (Wildman–Crippen LogP) is 2.46. The van der Waals surface area contributed by atoms with E-state index in [1.807, 2.05) is 0 Å². The molecule has 4 unspecified atom stereocenters. The summed E-state index contributed by atoms with van der Waals surface area (Å²) in [6, 6.07) is 6.92. The first-order chi connectivity index (χ1) is 8.88.